The maximum atomic E-state index is 12.2. The van der Waals surface area contributed by atoms with Gasteiger partial charge in [-0.3, -0.25) is 4.79 Å². The smallest absolute Gasteiger partial charge is 0.243 e. The van der Waals surface area contributed by atoms with Crippen LogP contribution in [-0.4, -0.2) is 58.3 Å². The molecule has 0 radical (unpaired) electrons. The molecule has 0 aromatic heterocycles. The molecule has 0 spiro atoms. The predicted molar refractivity (Wildman–Crippen MR) is 71.5 cm³/mol. The highest BCUT2D eigenvalue weighted by Gasteiger charge is 2.23. The zero-order valence-corrected chi connectivity index (χ0v) is 12.3. The van der Waals surface area contributed by atoms with Crippen molar-refractivity contribution in [2.75, 3.05) is 34.8 Å². The van der Waals surface area contributed by atoms with E-state index in [4.69, 9.17) is 4.74 Å². The van der Waals surface area contributed by atoms with Crippen molar-refractivity contribution >= 4 is 15.9 Å². The number of carbonyl (C=O) groups is 1. The Morgan fingerprint density at radius 2 is 1.68 bits per heavy atom. The molecule has 1 aromatic carbocycles. The van der Waals surface area contributed by atoms with E-state index in [9.17, 15) is 13.2 Å². The van der Waals surface area contributed by atoms with Crippen molar-refractivity contribution in [2.45, 2.75) is 4.90 Å². The molecule has 0 heterocycles. The van der Waals surface area contributed by atoms with Crippen LogP contribution in [0.25, 0.3) is 0 Å². The van der Waals surface area contributed by atoms with Crippen molar-refractivity contribution in [3.8, 4) is 5.75 Å². The molecule has 0 fully saturated rings. The Hall–Kier alpha value is -1.60. The number of nitrogens with zero attached hydrogens (tertiary/aromatic N) is 2. The largest absolute Gasteiger partial charge is 0.497 e. The fourth-order valence-corrected chi connectivity index (χ4v) is 2.46. The highest BCUT2D eigenvalue weighted by atomic mass is 32.2. The number of hydrogen-bond acceptors (Lipinski definition) is 4. The second-order valence-electron chi connectivity index (χ2n) is 4.22. The third-order valence-electron chi connectivity index (χ3n) is 2.62. The summed E-state index contributed by atoms with van der Waals surface area (Å²) in [6.45, 7) is -0.193. The second kappa shape index (κ2) is 6.03. The van der Waals surface area contributed by atoms with E-state index in [2.05, 4.69) is 0 Å². The van der Waals surface area contributed by atoms with Crippen LogP contribution >= 0.6 is 0 Å². The molecule has 19 heavy (non-hydrogen) atoms. The number of sulfonamides is 1. The van der Waals surface area contributed by atoms with Gasteiger partial charge in [0.25, 0.3) is 0 Å². The van der Waals surface area contributed by atoms with Gasteiger partial charge in [-0.2, -0.15) is 4.31 Å². The summed E-state index contributed by atoms with van der Waals surface area (Å²) in [5.41, 5.74) is 0. The number of likely N-dealkylation sites (N-methyl/N-ethyl adjacent to an activating group) is 2. The summed E-state index contributed by atoms with van der Waals surface area (Å²) in [4.78, 5) is 13.0. The van der Waals surface area contributed by atoms with E-state index in [0.717, 1.165) is 4.31 Å². The number of benzene rings is 1. The Morgan fingerprint density at radius 1 is 1.16 bits per heavy atom. The molecule has 106 valence electrons. The average Bonchev–Trinajstić information content (AvgIpc) is 2.38. The van der Waals surface area contributed by atoms with Crippen LogP contribution in [0.2, 0.25) is 0 Å². The highest BCUT2D eigenvalue weighted by molar-refractivity contribution is 7.89. The van der Waals surface area contributed by atoms with Crippen LogP contribution in [0.5, 0.6) is 5.75 Å². The molecular weight excluding hydrogens is 268 g/mol. The molecule has 0 saturated carbocycles. The van der Waals surface area contributed by atoms with Crippen LogP contribution in [0.1, 0.15) is 0 Å². The maximum absolute atomic E-state index is 12.2. The Labute approximate surface area is 113 Å². The van der Waals surface area contributed by atoms with Crippen molar-refractivity contribution in [3.05, 3.63) is 24.3 Å². The number of amides is 1. The van der Waals surface area contributed by atoms with Crippen LogP contribution in [0.4, 0.5) is 0 Å². The van der Waals surface area contributed by atoms with Gasteiger partial charge in [0.15, 0.2) is 0 Å². The zero-order valence-electron chi connectivity index (χ0n) is 11.5. The van der Waals surface area contributed by atoms with Gasteiger partial charge in [-0.15, -0.1) is 0 Å². The van der Waals surface area contributed by atoms with Crippen molar-refractivity contribution in [1.82, 2.24) is 9.21 Å². The summed E-state index contributed by atoms with van der Waals surface area (Å²) in [5.74, 6) is 0.297. The minimum atomic E-state index is -3.66. The predicted octanol–water partition coefficient (Wildman–Crippen LogP) is 0.404. The molecule has 1 aromatic rings. The average molecular weight is 286 g/mol. The highest BCUT2D eigenvalue weighted by Crippen LogP contribution is 2.18. The standard InChI is InChI=1S/C12H18N2O4S/c1-13(2)12(15)9-14(3)19(16,17)11-7-5-10(18-4)6-8-11/h5-8H,9H2,1-4H3. The summed E-state index contributed by atoms with van der Waals surface area (Å²) < 4.78 is 30.4. The Kier molecular flexibility index (Phi) is 4.90. The fourth-order valence-electron chi connectivity index (χ4n) is 1.34. The van der Waals surface area contributed by atoms with Crippen LogP contribution in [0, 0.1) is 0 Å². The van der Waals surface area contributed by atoms with Crippen molar-refractivity contribution < 1.29 is 17.9 Å². The van der Waals surface area contributed by atoms with E-state index in [-0.39, 0.29) is 17.3 Å². The lowest BCUT2D eigenvalue weighted by Crippen LogP contribution is -2.37. The molecule has 6 nitrogen and oxygen atoms in total. The maximum Gasteiger partial charge on any atom is 0.243 e. The summed E-state index contributed by atoms with van der Waals surface area (Å²) in [7, 11) is 2.38. The van der Waals surface area contributed by atoms with Crippen molar-refractivity contribution in [2.24, 2.45) is 0 Å². The lowest BCUT2D eigenvalue weighted by Gasteiger charge is -2.19. The van der Waals surface area contributed by atoms with Gasteiger partial charge in [0.1, 0.15) is 5.75 Å². The summed E-state index contributed by atoms with van der Waals surface area (Å²) >= 11 is 0. The van der Waals surface area contributed by atoms with Gasteiger partial charge in [-0.05, 0) is 24.3 Å². The van der Waals surface area contributed by atoms with E-state index >= 15 is 0 Å². The van der Waals surface area contributed by atoms with Crippen LogP contribution in [-0.2, 0) is 14.8 Å². The number of rotatable bonds is 5. The van der Waals surface area contributed by atoms with E-state index in [0.29, 0.717) is 5.75 Å². The Morgan fingerprint density at radius 3 is 2.11 bits per heavy atom. The number of carbonyl (C=O) groups excluding carboxylic acids is 1. The molecule has 0 aliphatic carbocycles. The van der Waals surface area contributed by atoms with Gasteiger partial charge in [-0.25, -0.2) is 8.42 Å². The first-order valence-electron chi connectivity index (χ1n) is 5.59. The molecular formula is C12H18N2O4S. The number of methoxy groups -OCH3 is 1. The van der Waals surface area contributed by atoms with Gasteiger partial charge in [0.05, 0.1) is 18.6 Å². The first kappa shape index (κ1) is 15.5. The summed E-state index contributed by atoms with van der Waals surface area (Å²) in [6, 6.07) is 6.03. The third-order valence-corrected chi connectivity index (χ3v) is 4.44. The molecule has 1 amide bonds. The molecule has 1 rings (SSSR count). The van der Waals surface area contributed by atoms with E-state index < -0.39 is 10.0 Å². The minimum Gasteiger partial charge on any atom is -0.497 e. The zero-order chi connectivity index (χ0) is 14.6. The Balaban J connectivity index is 2.93. The molecule has 0 aliphatic heterocycles. The molecule has 7 heteroatoms. The second-order valence-corrected chi connectivity index (χ2v) is 6.27. The first-order chi connectivity index (χ1) is 8.78. The third kappa shape index (κ3) is 3.68. The SMILES string of the molecule is COc1ccc(S(=O)(=O)N(C)CC(=O)N(C)C)cc1. The molecule has 0 saturated heterocycles. The van der Waals surface area contributed by atoms with E-state index in [1.54, 1.807) is 26.2 Å². The minimum absolute atomic E-state index is 0.127. The lowest BCUT2D eigenvalue weighted by molar-refractivity contribution is -0.128. The molecule has 0 aliphatic rings. The fraction of sp³-hybridized carbons (Fsp3) is 0.417. The van der Waals surface area contributed by atoms with Crippen LogP contribution in [0.3, 0.4) is 0 Å². The van der Waals surface area contributed by atoms with Crippen molar-refractivity contribution in [3.63, 3.8) is 0 Å². The van der Waals surface area contributed by atoms with Gasteiger partial charge in [0, 0.05) is 21.1 Å². The molecule has 0 N–H and O–H groups in total. The summed E-state index contributed by atoms with van der Waals surface area (Å²) in [6.07, 6.45) is 0. The lowest BCUT2D eigenvalue weighted by atomic mass is 10.3. The molecule has 0 bridgehead atoms. The summed E-state index contributed by atoms with van der Waals surface area (Å²) in [5, 5.41) is 0. The van der Waals surface area contributed by atoms with Crippen molar-refractivity contribution in [1.29, 1.82) is 0 Å². The van der Waals surface area contributed by atoms with Crippen LogP contribution < -0.4 is 4.74 Å². The van der Waals surface area contributed by atoms with E-state index in [1.165, 1.54) is 31.2 Å². The van der Waals surface area contributed by atoms with Gasteiger partial charge in [0.2, 0.25) is 15.9 Å². The topological polar surface area (TPSA) is 66.9 Å². The van der Waals surface area contributed by atoms with Gasteiger partial charge >= 0.3 is 0 Å². The van der Waals surface area contributed by atoms with E-state index in [1.807, 2.05) is 0 Å². The quantitative estimate of drug-likeness (QED) is 0.786. The molecule has 0 atom stereocenters. The first-order valence-corrected chi connectivity index (χ1v) is 7.03. The van der Waals surface area contributed by atoms with Crippen LogP contribution in [0.15, 0.2) is 29.2 Å². The van der Waals surface area contributed by atoms with Gasteiger partial charge in [-0.1, -0.05) is 0 Å². The van der Waals surface area contributed by atoms with Gasteiger partial charge < -0.3 is 9.64 Å². The number of hydrogen-bond donors (Lipinski definition) is 0. The monoisotopic (exact) mass is 286 g/mol. The Bertz CT molecular complexity index is 537. The normalized spacial score (nSPS) is 11.4. The number of ether oxygens (including phenoxy) is 1. The molecule has 0 unspecified atom stereocenters.